The lowest BCUT2D eigenvalue weighted by molar-refractivity contribution is -0.132. The Labute approximate surface area is 128 Å². The molecule has 3 aliphatic rings. The molecule has 120 valence electrons. The van der Waals surface area contributed by atoms with E-state index < -0.39 is 0 Å². The van der Waals surface area contributed by atoms with E-state index in [4.69, 9.17) is 4.74 Å². The second-order valence-corrected chi connectivity index (χ2v) is 6.87. The van der Waals surface area contributed by atoms with E-state index in [1.165, 1.54) is 32.2 Å². The highest BCUT2D eigenvalue weighted by molar-refractivity contribution is 5.76. The van der Waals surface area contributed by atoms with Crippen molar-refractivity contribution in [2.45, 2.75) is 32.1 Å². The van der Waals surface area contributed by atoms with Crippen molar-refractivity contribution >= 4 is 5.91 Å². The highest BCUT2D eigenvalue weighted by Gasteiger charge is 2.36. The van der Waals surface area contributed by atoms with Gasteiger partial charge in [-0.15, -0.1) is 0 Å². The van der Waals surface area contributed by atoms with Gasteiger partial charge in [0.05, 0.1) is 0 Å². The molecular weight excluding hydrogens is 266 g/mol. The first-order valence-corrected chi connectivity index (χ1v) is 8.56. The molecule has 0 aromatic heterocycles. The zero-order valence-electron chi connectivity index (χ0n) is 13.1. The second-order valence-electron chi connectivity index (χ2n) is 6.87. The fourth-order valence-electron chi connectivity index (χ4n) is 4.04. The minimum atomic E-state index is 0.336. The molecule has 0 bridgehead atoms. The van der Waals surface area contributed by atoms with E-state index in [1.807, 2.05) is 4.90 Å². The molecule has 21 heavy (non-hydrogen) atoms. The van der Waals surface area contributed by atoms with Crippen LogP contribution in [0.15, 0.2) is 0 Å². The third kappa shape index (κ3) is 3.96. The van der Waals surface area contributed by atoms with Crippen LogP contribution in [-0.2, 0) is 9.53 Å². The van der Waals surface area contributed by atoms with E-state index in [9.17, 15) is 4.79 Å². The maximum atomic E-state index is 12.3. The normalized spacial score (nSPS) is 27.0. The minimum Gasteiger partial charge on any atom is -0.381 e. The molecule has 0 aromatic carbocycles. The molecule has 3 saturated heterocycles. The Bertz CT molecular complexity index is 344. The number of piperazine rings is 1. The van der Waals surface area contributed by atoms with Gasteiger partial charge in [0.25, 0.3) is 0 Å². The molecule has 3 fully saturated rings. The van der Waals surface area contributed by atoms with Crippen LogP contribution < -0.4 is 5.32 Å². The third-order valence-corrected chi connectivity index (χ3v) is 5.41. The van der Waals surface area contributed by atoms with Gasteiger partial charge in [0.15, 0.2) is 0 Å². The first-order valence-electron chi connectivity index (χ1n) is 8.56. The Morgan fingerprint density at radius 3 is 2.62 bits per heavy atom. The van der Waals surface area contributed by atoms with Crippen molar-refractivity contribution in [3.8, 4) is 0 Å². The lowest BCUT2D eigenvalue weighted by Crippen LogP contribution is -2.49. The van der Waals surface area contributed by atoms with E-state index in [0.29, 0.717) is 17.7 Å². The van der Waals surface area contributed by atoms with E-state index in [-0.39, 0.29) is 0 Å². The number of ether oxygens (including phenoxy) is 1. The maximum Gasteiger partial charge on any atom is 0.223 e. The van der Waals surface area contributed by atoms with Crippen LogP contribution in [0.1, 0.15) is 32.1 Å². The average Bonchev–Trinajstić information content (AvgIpc) is 2.54. The average molecular weight is 295 g/mol. The van der Waals surface area contributed by atoms with Crippen LogP contribution in [0.3, 0.4) is 0 Å². The van der Waals surface area contributed by atoms with Gasteiger partial charge in [-0.1, -0.05) is 0 Å². The summed E-state index contributed by atoms with van der Waals surface area (Å²) in [7, 11) is 0. The van der Waals surface area contributed by atoms with Crippen molar-refractivity contribution in [3.05, 3.63) is 0 Å². The number of hydrogen-bond donors (Lipinski definition) is 1. The Kier molecular flexibility index (Phi) is 5.14. The Hall–Kier alpha value is -0.650. The van der Waals surface area contributed by atoms with Gasteiger partial charge in [0.2, 0.25) is 5.91 Å². The molecule has 5 heteroatoms. The van der Waals surface area contributed by atoms with Gasteiger partial charge in [-0.05, 0) is 37.6 Å². The highest BCUT2D eigenvalue weighted by atomic mass is 16.5. The highest BCUT2D eigenvalue weighted by Crippen LogP contribution is 2.39. The van der Waals surface area contributed by atoms with E-state index >= 15 is 0 Å². The topological polar surface area (TPSA) is 44.8 Å². The summed E-state index contributed by atoms with van der Waals surface area (Å²) in [5.74, 6) is 0.336. The second kappa shape index (κ2) is 7.07. The number of nitrogens with one attached hydrogen (secondary N) is 1. The molecule has 1 amide bonds. The zero-order valence-corrected chi connectivity index (χ0v) is 13.1. The van der Waals surface area contributed by atoms with Crippen LogP contribution in [0.4, 0.5) is 0 Å². The first kappa shape index (κ1) is 15.3. The predicted molar refractivity (Wildman–Crippen MR) is 82.2 cm³/mol. The summed E-state index contributed by atoms with van der Waals surface area (Å²) in [5.41, 5.74) is 0.481. The van der Waals surface area contributed by atoms with Crippen molar-refractivity contribution in [3.63, 3.8) is 0 Å². The smallest absolute Gasteiger partial charge is 0.223 e. The summed E-state index contributed by atoms with van der Waals surface area (Å²) < 4.78 is 5.52. The molecule has 5 nitrogen and oxygen atoms in total. The predicted octanol–water partition coefficient (Wildman–Crippen LogP) is 0.701. The van der Waals surface area contributed by atoms with Crippen molar-refractivity contribution < 1.29 is 9.53 Å². The zero-order chi connectivity index (χ0) is 14.5. The molecule has 0 aromatic rings. The maximum absolute atomic E-state index is 12.3. The van der Waals surface area contributed by atoms with Gasteiger partial charge < -0.3 is 19.9 Å². The number of piperidine rings is 1. The Morgan fingerprint density at radius 2 is 1.86 bits per heavy atom. The first-order chi connectivity index (χ1) is 10.3. The van der Waals surface area contributed by atoms with Gasteiger partial charge in [0.1, 0.15) is 0 Å². The molecular formula is C16H29N3O2. The lowest BCUT2D eigenvalue weighted by atomic mass is 9.74. The number of hydrogen-bond acceptors (Lipinski definition) is 4. The van der Waals surface area contributed by atoms with Crippen LogP contribution in [0, 0.1) is 5.41 Å². The van der Waals surface area contributed by atoms with E-state index in [1.54, 1.807) is 0 Å². The molecule has 0 atom stereocenters. The SMILES string of the molecule is O=C(CCN1CCCC2(CCOCC2)C1)N1CCNCC1. The fraction of sp³-hybridized carbons (Fsp3) is 0.938. The molecule has 3 aliphatic heterocycles. The van der Waals surface area contributed by atoms with Crippen molar-refractivity contribution in [1.82, 2.24) is 15.1 Å². The number of carbonyl (C=O) groups excluding carboxylic acids is 1. The molecule has 3 heterocycles. The summed E-state index contributed by atoms with van der Waals surface area (Å²) in [6.07, 6.45) is 5.72. The van der Waals surface area contributed by atoms with Gasteiger partial charge in [-0.2, -0.15) is 0 Å². The standard InChI is InChI=1S/C16H29N3O2/c20-15(19-10-6-17-7-11-19)2-9-18-8-1-3-16(14-18)4-12-21-13-5-16/h17H,1-14H2. The number of rotatable bonds is 3. The summed E-state index contributed by atoms with van der Waals surface area (Å²) in [4.78, 5) is 16.8. The summed E-state index contributed by atoms with van der Waals surface area (Å²) in [5, 5.41) is 3.30. The van der Waals surface area contributed by atoms with Crippen LogP contribution in [-0.4, -0.2) is 74.7 Å². The minimum absolute atomic E-state index is 0.336. The van der Waals surface area contributed by atoms with Crippen LogP contribution in [0.25, 0.3) is 0 Å². The van der Waals surface area contributed by atoms with E-state index in [2.05, 4.69) is 10.2 Å². The number of likely N-dealkylation sites (tertiary alicyclic amines) is 1. The van der Waals surface area contributed by atoms with Crippen LogP contribution >= 0.6 is 0 Å². The van der Waals surface area contributed by atoms with Crippen LogP contribution in [0.2, 0.25) is 0 Å². The van der Waals surface area contributed by atoms with Crippen molar-refractivity contribution in [2.75, 3.05) is 59.0 Å². The van der Waals surface area contributed by atoms with Gasteiger partial charge in [0, 0.05) is 58.9 Å². The summed E-state index contributed by atoms with van der Waals surface area (Å²) >= 11 is 0. The molecule has 0 aliphatic carbocycles. The molecule has 0 radical (unpaired) electrons. The monoisotopic (exact) mass is 295 g/mol. The molecule has 3 rings (SSSR count). The largest absolute Gasteiger partial charge is 0.381 e. The third-order valence-electron chi connectivity index (χ3n) is 5.41. The molecule has 1 N–H and O–H groups in total. The number of nitrogens with zero attached hydrogens (tertiary/aromatic N) is 2. The van der Waals surface area contributed by atoms with Gasteiger partial charge in [-0.3, -0.25) is 4.79 Å². The van der Waals surface area contributed by atoms with Gasteiger partial charge in [-0.25, -0.2) is 0 Å². The summed E-state index contributed by atoms with van der Waals surface area (Å²) in [6.45, 7) is 8.76. The van der Waals surface area contributed by atoms with E-state index in [0.717, 1.165) is 52.5 Å². The number of amides is 1. The quantitative estimate of drug-likeness (QED) is 0.832. The molecule has 0 saturated carbocycles. The van der Waals surface area contributed by atoms with Crippen molar-refractivity contribution in [2.24, 2.45) is 5.41 Å². The van der Waals surface area contributed by atoms with Crippen LogP contribution in [0.5, 0.6) is 0 Å². The Balaban J connectivity index is 1.45. The molecule has 1 spiro atoms. The molecule has 0 unspecified atom stereocenters. The number of carbonyl (C=O) groups is 1. The Morgan fingerprint density at radius 1 is 1.10 bits per heavy atom. The summed E-state index contributed by atoms with van der Waals surface area (Å²) in [6, 6.07) is 0. The van der Waals surface area contributed by atoms with Gasteiger partial charge >= 0.3 is 0 Å². The fourth-order valence-corrected chi connectivity index (χ4v) is 4.04. The van der Waals surface area contributed by atoms with Crippen molar-refractivity contribution in [1.29, 1.82) is 0 Å². The lowest BCUT2D eigenvalue weighted by Gasteiger charge is -2.45.